The summed E-state index contributed by atoms with van der Waals surface area (Å²) in [6.07, 6.45) is 0.380. The van der Waals surface area contributed by atoms with Crippen molar-refractivity contribution in [2.75, 3.05) is 7.11 Å². The molecular formula is C21H18N2O3S. The number of para-hydroxylation sites is 2. The molecule has 1 N–H and O–H groups in total. The Kier molecular flexibility index (Phi) is 3.79. The maximum absolute atomic E-state index is 10.3. The van der Waals surface area contributed by atoms with Gasteiger partial charge in [0.15, 0.2) is 11.5 Å². The summed E-state index contributed by atoms with van der Waals surface area (Å²) in [7, 11) is 1.66. The van der Waals surface area contributed by atoms with Crippen molar-refractivity contribution in [1.29, 1.82) is 0 Å². The van der Waals surface area contributed by atoms with Gasteiger partial charge in [-0.1, -0.05) is 30.3 Å². The number of hydrogen-bond donors (Lipinski definition) is 1. The first-order chi connectivity index (χ1) is 13.3. The van der Waals surface area contributed by atoms with Gasteiger partial charge < -0.3 is 14.6 Å². The Morgan fingerprint density at radius 3 is 2.81 bits per heavy atom. The van der Waals surface area contributed by atoms with E-state index in [0.717, 1.165) is 33.2 Å². The van der Waals surface area contributed by atoms with E-state index < -0.39 is 0 Å². The summed E-state index contributed by atoms with van der Waals surface area (Å²) in [5.74, 6) is 1.74. The monoisotopic (exact) mass is 378 g/mol. The van der Waals surface area contributed by atoms with E-state index in [1.54, 1.807) is 24.5 Å². The zero-order chi connectivity index (χ0) is 18.4. The minimum Gasteiger partial charge on any atom is -0.507 e. The van der Waals surface area contributed by atoms with Gasteiger partial charge in [0.05, 0.1) is 23.7 Å². The number of fused-ring (bicyclic) bond motifs is 3. The van der Waals surface area contributed by atoms with Crippen LogP contribution in [-0.2, 0) is 0 Å². The quantitative estimate of drug-likeness (QED) is 0.717. The molecule has 1 aromatic heterocycles. The summed E-state index contributed by atoms with van der Waals surface area (Å²) in [4.78, 5) is 1.08. The number of benzene rings is 2. The number of hydrogen-bond acceptors (Lipinski definition) is 6. The van der Waals surface area contributed by atoms with Gasteiger partial charge in [-0.15, -0.1) is 11.3 Å². The summed E-state index contributed by atoms with van der Waals surface area (Å²) in [6.45, 7) is 0. The van der Waals surface area contributed by atoms with Gasteiger partial charge in [0.1, 0.15) is 5.75 Å². The number of phenols is 1. The molecule has 2 atom stereocenters. The van der Waals surface area contributed by atoms with Crippen LogP contribution in [0.4, 0.5) is 0 Å². The number of thiophene rings is 1. The molecule has 5 nitrogen and oxygen atoms in total. The van der Waals surface area contributed by atoms with Crippen LogP contribution in [0.2, 0.25) is 0 Å². The van der Waals surface area contributed by atoms with Gasteiger partial charge in [-0.05, 0) is 29.6 Å². The van der Waals surface area contributed by atoms with Gasteiger partial charge in [-0.3, -0.25) is 0 Å². The van der Waals surface area contributed by atoms with Crippen molar-refractivity contribution in [1.82, 2.24) is 5.01 Å². The number of methoxy groups -OCH3 is 1. The maximum Gasteiger partial charge on any atom is 0.223 e. The van der Waals surface area contributed by atoms with E-state index in [2.05, 4.69) is 12.1 Å². The molecule has 3 aromatic rings. The minimum atomic E-state index is -0.317. The third kappa shape index (κ3) is 2.56. The van der Waals surface area contributed by atoms with Gasteiger partial charge in [-0.25, -0.2) is 5.01 Å². The summed E-state index contributed by atoms with van der Waals surface area (Å²) >= 11 is 1.64. The summed E-state index contributed by atoms with van der Waals surface area (Å²) in [6, 6.07) is 17.4. The summed E-state index contributed by atoms with van der Waals surface area (Å²) < 4.78 is 11.9. The van der Waals surface area contributed by atoms with E-state index in [-0.39, 0.29) is 18.0 Å². The molecule has 3 heterocycles. The van der Waals surface area contributed by atoms with Crippen molar-refractivity contribution >= 4 is 17.0 Å². The Morgan fingerprint density at radius 1 is 1.15 bits per heavy atom. The molecule has 0 bridgehead atoms. The first-order valence-electron chi connectivity index (χ1n) is 8.77. The highest BCUT2D eigenvalue weighted by Gasteiger charge is 2.42. The number of ether oxygens (including phenoxy) is 2. The second-order valence-electron chi connectivity index (χ2n) is 6.53. The summed E-state index contributed by atoms with van der Waals surface area (Å²) in [5, 5.41) is 19.2. The molecule has 0 amide bonds. The molecule has 0 aliphatic carbocycles. The number of nitrogens with zero attached hydrogens (tertiary/aromatic N) is 2. The third-order valence-corrected chi connectivity index (χ3v) is 5.90. The Labute approximate surface area is 161 Å². The van der Waals surface area contributed by atoms with Gasteiger partial charge in [0.25, 0.3) is 0 Å². The molecule has 0 saturated heterocycles. The molecule has 0 saturated carbocycles. The van der Waals surface area contributed by atoms with E-state index in [0.29, 0.717) is 6.42 Å². The normalized spacial score (nSPS) is 20.5. The Hall–Kier alpha value is -2.99. The van der Waals surface area contributed by atoms with Gasteiger partial charge in [0.2, 0.25) is 6.23 Å². The molecule has 0 fully saturated rings. The van der Waals surface area contributed by atoms with Crippen LogP contribution in [0.25, 0.3) is 0 Å². The fraction of sp³-hybridized carbons (Fsp3) is 0.190. The van der Waals surface area contributed by atoms with Gasteiger partial charge in [-0.2, -0.15) is 5.10 Å². The average Bonchev–Trinajstić information content (AvgIpc) is 3.37. The van der Waals surface area contributed by atoms with Crippen LogP contribution < -0.4 is 9.47 Å². The number of phenolic OH excluding ortho intramolecular Hbond substituents is 1. The predicted molar refractivity (Wildman–Crippen MR) is 105 cm³/mol. The average molecular weight is 378 g/mol. The number of hydrazone groups is 1. The molecule has 5 rings (SSSR count). The van der Waals surface area contributed by atoms with Crippen LogP contribution in [0.5, 0.6) is 17.2 Å². The van der Waals surface area contributed by atoms with E-state index >= 15 is 0 Å². The molecule has 2 aliphatic heterocycles. The lowest BCUT2D eigenvalue weighted by atomic mass is 9.96. The van der Waals surface area contributed by atoms with Crippen molar-refractivity contribution in [2.24, 2.45) is 5.10 Å². The lowest BCUT2D eigenvalue weighted by Crippen LogP contribution is -2.33. The van der Waals surface area contributed by atoms with Crippen molar-refractivity contribution in [3.8, 4) is 17.2 Å². The van der Waals surface area contributed by atoms with Gasteiger partial charge in [0, 0.05) is 17.5 Å². The molecule has 2 aliphatic rings. The zero-order valence-corrected chi connectivity index (χ0v) is 15.5. The first kappa shape index (κ1) is 16.2. The summed E-state index contributed by atoms with van der Waals surface area (Å²) in [5.41, 5.74) is 2.68. The molecule has 0 spiro atoms. The largest absolute Gasteiger partial charge is 0.507 e. The number of rotatable bonds is 3. The predicted octanol–water partition coefficient (Wildman–Crippen LogP) is 4.70. The zero-order valence-electron chi connectivity index (χ0n) is 14.7. The standard InChI is InChI=1S/C21H18N2O3S/c1-25-18-9-4-7-14-16-12-15(13-6-2-3-8-17(13)24)22-23(16)21(26-20(14)18)19-10-5-11-27-19/h2-11,16,21,24H,12H2,1H3. The number of aromatic hydroxyl groups is 1. The second kappa shape index (κ2) is 6.32. The SMILES string of the molecule is COc1cccc2c1OC(c1cccs1)N1N=C(c3ccccc3O)CC21. The third-order valence-electron chi connectivity index (χ3n) is 5.00. The van der Waals surface area contributed by atoms with Crippen molar-refractivity contribution < 1.29 is 14.6 Å². The maximum atomic E-state index is 10.3. The van der Waals surface area contributed by atoms with Crippen LogP contribution in [-0.4, -0.2) is 22.9 Å². The molecule has 0 radical (unpaired) electrons. The van der Waals surface area contributed by atoms with Crippen LogP contribution in [0.3, 0.4) is 0 Å². The first-order valence-corrected chi connectivity index (χ1v) is 9.65. The molecule has 136 valence electrons. The fourth-order valence-corrected chi connectivity index (χ4v) is 4.49. The van der Waals surface area contributed by atoms with Crippen LogP contribution in [0.1, 0.15) is 34.7 Å². The van der Waals surface area contributed by atoms with E-state index in [1.165, 1.54) is 0 Å². The molecule has 27 heavy (non-hydrogen) atoms. The molecule has 2 unspecified atom stereocenters. The Bertz CT molecular complexity index is 1020. The van der Waals surface area contributed by atoms with Crippen molar-refractivity contribution in [3.05, 3.63) is 76.0 Å². The molecule has 6 heteroatoms. The highest BCUT2D eigenvalue weighted by molar-refractivity contribution is 7.10. The fourth-order valence-electron chi connectivity index (χ4n) is 3.74. The lowest BCUT2D eigenvalue weighted by Gasteiger charge is -2.38. The van der Waals surface area contributed by atoms with E-state index in [9.17, 15) is 5.11 Å². The van der Waals surface area contributed by atoms with Crippen molar-refractivity contribution in [3.63, 3.8) is 0 Å². The molecule has 2 aromatic carbocycles. The topological polar surface area (TPSA) is 54.3 Å². The highest BCUT2D eigenvalue weighted by Crippen LogP contribution is 2.51. The Balaban J connectivity index is 1.63. The van der Waals surface area contributed by atoms with Crippen LogP contribution in [0.15, 0.2) is 65.1 Å². The minimum absolute atomic E-state index is 0.0329. The van der Waals surface area contributed by atoms with Crippen molar-refractivity contribution in [2.45, 2.75) is 18.7 Å². The molecular weight excluding hydrogens is 360 g/mol. The highest BCUT2D eigenvalue weighted by atomic mass is 32.1. The van der Waals surface area contributed by atoms with E-state index in [1.807, 2.05) is 46.8 Å². The Morgan fingerprint density at radius 2 is 2.04 bits per heavy atom. The van der Waals surface area contributed by atoms with Gasteiger partial charge >= 0.3 is 0 Å². The lowest BCUT2D eigenvalue weighted by molar-refractivity contribution is -0.0184. The van der Waals surface area contributed by atoms with E-state index in [4.69, 9.17) is 14.6 Å². The smallest absolute Gasteiger partial charge is 0.223 e. The van der Waals surface area contributed by atoms with Crippen LogP contribution in [0, 0.1) is 0 Å². The van der Waals surface area contributed by atoms with Crippen LogP contribution >= 0.6 is 11.3 Å². The second-order valence-corrected chi connectivity index (χ2v) is 7.51.